The highest BCUT2D eigenvalue weighted by Gasteiger charge is 2.44. The number of rotatable bonds is 6. The molecule has 0 spiro atoms. The molecule has 2 aliphatic rings. The van der Waals surface area contributed by atoms with Crippen molar-refractivity contribution < 1.29 is 9.59 Å². The third kappa shape index (κ3) is 6.12. The normalized spacial score (nSPS) is 20.7. The Morgan fingerprint density at radius 2 is 1.05 bits per heavy atom. The molecular formula is C40H42O2S2. The summed E-state index contributed by atoms with van der Waals surface area (Å²) in [5.74, 6) is 2.15. The van der Waals surface area contributed by atoms with Gasteiger partial charge < -0.3 is 0 Å². The van der Waals surface area contributed by atoms with Gasteiger partial charge in [-0.15, -0.1) is 30.1 Å². The molecule has 0 aliphatic carbocycles. The van der Waals surface area contributed by atoms with Gasteiger partial charge in [-0.3, -0.25) is 9.59 Å². The smallest absolute Gasteiger partial charge is 0.175 e. The summed E-state index contributed by atoms with van der Waals surface area (Å²) in [5, 5.41) is 0. The van der Waals surface area contributed by atoms with E-state index in [1.165, 1.54) is 27.8 Å². The number of ketones is 2. The molecule has 0 radical (unpaired) electrons. The van der Waals surface area contributed by atoms with Crippen LogP contribution in [0.1, 0.15) is 80.3 Å². The second-order valence-corrected chi connectivity index (χ2v) is 14.4. The minimum Gasteiger partial charge on any atom is -0.293 e. The lowest BCUT2D eigenvalue weighted by Gasteiger charge is -2.37. The van der Waals surface area contributed by atoms with E-state index in [1.807, 2.05) is 36.0 Å². The van der Waals surface area contributed by atoms with Gasteiger partial charge in [0.2, 0.25) is 0 Å². The van der Waals surface area contributed by atoms with Crippen LogP contribution in [0.25, 0.3) is 0 Å². The van der Waals surface area contributed by atoms with Gasteiger partial charge in [0.05, 0.1) is 10.8 Å². The van der Waals surface area contributed by atoms with Crippen molar-refractivity contribution in [1.82, 2.24) is 0 Å². The molecule has 226 valence electrons. The van der Waals surface area contributed by atoms with Crippen molar-refractivity contribution in [3.8, 4) is 0 Å². The summed E-state index contributed by atoms with van der Waals surface area (Å²) >= 11 is 3.62. The molecule has 6 rings (SSSR count). The van der Waals surface area contributed by atoms with Crippen LogP contribution in [0, 0.1) is 27.7 Å². The highest BCUT2D eigenvalue weighted by Crippen LogP contribution is 2.46. The molecule has 0 saturated heterocycles. The molecular weight excluding hydrogens is 577 g/mol. The number of thioether (sulfide) groups is 2. The quantitative estimate of drug-likeness (QED) is 0.201. The van der Waals surface area contributed by atoms with Gasteiger partial charge in [-0.2, -0.15) is 0 Å². The van der Waals surface area contributed by atoms with Crippen molar-refractivity contribution in [1.29, 1.82) is 0 Å². The first-order chi connectivity index (χ1) is 21.1. The average Bonchev–Trinajstić information content (AvgIpc) is 3.01. The third-order valence-corrected chi connectivity index (χ3v) is 11.5. The van der Waals surface area contributed by atoms with E-state index in [9.17, 15) is 9.59 Å². The molecule has 4 heteroatoms. The van der Waals surface area contributed by atoms with E-state index in [4.69, 9.17) is 0 Å². The van der Waals surface area contributed by atoms with E-state index in [0.29, 0.717) is 12.2 Å². The first kappa shape index (κ1) is 32.1. The topological polar surface area (TPSA) is 34.1 Å². The first-order valence-corrected chi connectivity index (χ1v) is 17.4. The van der Waals surface area contributed by atoms with Crippen LogP contribution in [0.4, 0.5) is 0 Å². The van der Waals surface area contributed by atoms with Crippen molar-refractivity contribution in [2.45, 2.75) is 74.5 Å². The molecule has 2 atom stereocenters. The van der Waals surface area contributed by atoms with Crippen LogP contribution in [0.2, 0.25) is 0 Å². The van der Waals surface area contributed by atoms with Crippen LogP contribution in [0.3, 0.4) is 0 Å². The lowest BCUT2D eigenvalue weighted by Crippen LogP contribution is -2.41. The van der Waals surface area contributed by atoms with Crippen LogP contribution in [0.15, 0.2) is 107 Å². The van der Waals surface area contributed by atoms with Gasteiger partial charge in [0.1, 0.15) is 0 Å². The minimum absolute atomic E-state index is 0.227. The zero-order chi connectivity index (χ0) is 31.5. The first-order valence-electron chi connectivity index (χ1n) is 15.5. The second kappa shape index (κ2) is 13.3. The van der Waals surface area contributed by atoms with Crippen molar-refractivity contribution in [3.05, 3.63) is 142 Å². The Labute approximate surface area is 271 Å². The fraction of sp³-hybridized carbons (Fsp3) is 0.300. The molecule has 2 heterocycles. The van der Waals surface area contributed by atoms with Gasteiger partial charge in [0.15, 0.2) is 11.6 Å². The predicted molar refractivity (Wildman–Crippen MR) is 188 cm³/mol. The number of carbonyl (C=O) groups is 2. The maximum atomic E-state index is 13.3. The Morgan fingerprint density at radius 3 is 1.50 bits per heavy atom. The van der Waals surface area contributed by atoms with E-state index in [0.717, 1.165) is 50.8 Å². The SMILES string of the molecule is C=CC[C@]1(c2ccc(C)cc2)CSc2cc(C)ccc2C1=O.CCCC1(c2ccc(C)cc2)CSc2cc(C)ccc2C1=O. The molecule has 0 N–H and O–H groups in total. The number of carbonyl (C=O) groups excluding carboxylic acids is 2. The number of allylic oxidation sites excluding steroid dienone is 1. The fourth-order valence-corrected chi connectivity index (χ4v) is 9.20. The Hall–Kier alpha value is -3.34. The molecule has 1 unspecified atom stereocenters. The van der Waals surface area contributed by atoms with Crippen LogP contribution in [0.5, 0.6) is 0 Å². The van der Waals surface area contributed by atoms with Crippen LogP contribution in [-0.2, 0) is 10.8 Å². The molecule has 4 aromatic rings. The van der Waals surface area contributed by atoms with E-state index in [-0.39, 0.29) is 11.2 Å². The Balaban J connectivity index is 0.000000175. The molecule has 0 saturated carbocycles. The molecule has 0 bridgehead atoms. The maximum absolute atomic E-state index is 13.3. The molecule has 0 amide bonds. The molecule has 2 aliphatic heterocycles. The maximum Gasteiger partial charge on any atom is 0.175 e. The van der Waals surface area contributed by atoms with Gasteiger partial charge >= 0.3 is 0 Å². The van der Waals surface area contributed by atoms with E-state index in [1.54, 1.807) is 11.8 Å². The minimum atomic E-state index is -0.484. The summed E-state index contributed by atoms with van der Waals surface area (Å²) < 4.78 is 0. The number of aryl methyl sites for hydroxylation is 4. The van der Waals surface area contributed by atoms with E-state index in [2.05, 4.69) is 108 Å². The summed E-state index contributed by atoms with van der Waals surface area (Å²) in [7, 11) is 0. The van der Waals surface area contributed by atoms with Crippen LogP contribution < -0.4 is 0 Å². The third-order valence-electron chi connectivity index (χ3n) is 8.96. The molecule has 0 aromatic heterocycles. The zero-order valence-corrected chi connectivity index (χ0v) is 28.2. The molecule has 2 nitrogen and oxygen atoms in total. The van der Waals surface area contributed by atoms with Crippen molar-refractivity contribution in [3.63, 3.8) is 0 Å². The van der Waals surface area contributed by atoms with E-state index < -0.39 is 5.41 Å². The largest absolute Gasteiger partial charge is 0.293 e. The molecule has 44 heavy (non-hydrogen) atoms. The van der Waals surface area contributed by atoms with Crippen molar-refractivity contribution in [2.24, 2.45) is 0 Å². The Morgan fingerprint density at radius 1 is 0.636 bits per heavy atom. The summed E-state index contributed by atoms with van der Waals surface area (Å²) in [5.41, 5.74) is 8.04. The van der Waals surface area contributed by atoms with Crippen molar-refractivity contribution in [2.75, 3.05) is 11.5 Å². The summed E-state index contributed by atoms with van der Waals surface area (Å²) in [6.07, 6.45) is 4.48. The standard InChI is InChI=1S/C20H22OS.C20H20OS/c2*1-4-11-20(16-8-5-14(2)6-9-16)13-22-18-12-15(3)7-10-17(18)19(20)21/h5-10,12H,4,11,13H2,1-3H3;4-10,12H,1,11,13H2,2-3H3/t;20-/m.1/s1. The molecule has 0 fully saturated rings. The summed E-state index contributed by atoms with van der Waals surface area (Å²) in [6, 6.07) is 29.2. The second-order valence-electron chi connectivity index (χ2n) is 12.4. The van der Waals surface area contributed by atoms with Gasteiger partial charge in [-0.25, -0.2) is 0 Å². The number of Topliss-reactive ketones (excluding diaryl/α,β-unsaturated/α-hetero) is 2. The van der Waals surface area contributed by atoms with Gasteiger partial charge in [-0.1, -0.05) is 91.2 Å². The lowest BCUT2D eigenvalue weighted by atomic mass is 9.72. The summed E-state index contributed by atoms with van der Waals surface area (Å²) in [6.45, 7) is 14.4. The fourth-order valence-electron chi connectivity index (χ4n) is 6.37. The number of hydrogen-bond acceptors (Lipinski definition) is 4. The highest BCUT2D eigenvalue weighted by molar-refractivity contribution is 7.99. The number of hydrogen-bond donors (Lipinski definition) is 0. The van der Waals surface area contributed by atoms with Gasteiger partial charge in [0.25, 0.3) is 0 Å². The van der Waals surface area contributed by atoms with E-state index >= 15 is 0 Å². The number of fused-ring (bicyclic) bond motifs is 2. The van der Waals surface area contributed by atoms with Crippen LogP contribution >= 0.6 is 23.5 Å². The average molecular weight is 619 g/mol. The van der Waals surface area contributed by atoms with Crippen LogP contribution in [-0.4, -0.2) is 23.1 Å². The monoisotopic (exact) mass is 618 g/mol. The Kier molecular flexibility index (Phi) is 9.72. The Bertz CT molecular complexity index is 1690. The van der Waals surface area contributed by atoms with Crippen molar-refractivity contribution >= 4 is 35.1 Å². The molecule has 4 aromatic carbocycles. The summed E-state index contributed by atoms with van der Waals surface area (Å²) in [4.78, 5) is 28.8. The highest BCUT2D eigenvalue weighted by atomic mass is 32.2. The lowest BCUT2D eigenvalue weighted by molar-refractivity contribution is 0.0881. The predicted octanol–water partition coefficient (Wildman–Crippen LogP) is 10.4. The van der Waals surface area contributed by atoms with Gasteiger partial charge in [-0.05, 0) is 87.1 Å². The number of benzene rings is 4. The van der Waals surface area contributed by atoms with Gasteiger partial charge in [0, 0.05) is 32.4 Å². The zero-order valence-electron chi connectivity index (χ0n) is 26.5.